The summed E-state index contributed by atoms with van der Waals surface area (Å²) in [5.74, 6) is -0.142. The summed E-state index contributed by atoms with van der Waals surface area (Å²) in [7, 11) is 0. The van der Waals surface area contributed by atoms with Crippen LogP contribution in [-0.4, -0.2) is 15.7 Å². The lowest BCUT2D eigenvalue weighted by molar-refractivity contribution is -0.686. The molecule has 0 fully saturated rings. The van der Waals surface area contributed by atoms with Crippen molar-refractivity contribution in [1.82, 2.24) is 4.98 Å². The molecule has 0 unspecified atom stereocenters. The van der Waals surface area contributed by atoms with Crippen molar-refractivity contribution in [2.75, 3.05) is 0 Å². The zero-order valence-electron chi connectivity index (χ0n) is 16.4. The molecule has 0 amide bonds. The Bertz CT molecular complexity index is 1180. The first-order valence-corrected chi connectivity index (χ1v) is 9.39. The lowest BCUT2D eigenvalue weighted by Crippen LogP contribution is -3.00. The van der Waals surface area contributed by atoms with Crippen LogP contribution in [0.5, 0.6) is 0 Å². The number of carbonyl (C=O) groups is 1. The molecule has 1 heterocycles. The van der Waals surface area contributed by atoms with Gasteiger partial charge in [-0.1, -0.05) is 42.5 Å². The van der Waals surface area contributed by atoms with Gasteiger partial charge in [-0.05, 0) is 40.4 Å². The molecule has 31 heavy (non-hydrogen) atoms. The van der Waals surface area contributed by atoms with E-state index in [9.17, 15) is 14.9 Å². The zero-order valence-corrected chi connectivity index (χ0v) is 18.0. The second-order valence-corrected chi connectivity index (χ2v) is 6.79. The molecular formula is C24H18BrN3O3. The number of nitrogens with zero attached hydrogens (tertiary/aromatic N) is 3. The number of nitro benzene ring substituents is 1. The number of Topliss-reactive ketones (excluding diaryl/α,β-unsaturated/α-hetero) is 1. The van der Waals surface area contributed by atoms with Gasteiger partial charge in [0.1, 0.15) is 0 Å². The fourth-order valence-corrected chi connectivity index (χ4v) is 3.14. The number of halogens is 1. The van der Waals surface area contributed by atoms with Crippen molar-refractivity contribution < 1.29 is 31.3 Å². The van der Waals surface area contributed by atoms with Crippen LogP contribution in [0, 0.1) is 10.1 Å². The van der Waals surface area contributed by atoms with Crippen LogP contribution < -0.4 is 21.5 Å². The molecule has 0 saturated carbocycles. The zero-order chi connectivity index (χ0) is 20.9. The SMILES string of the molecule is O=C(C[n+]1ccc(-c2ccc(-c3ccccc3)cc2)nc1)c1ccc([N+](=O)[O-])cc1.[Br-]. The van der Waals surface area contributed by atoms with Crippen molar-refractivity contribution in [3.8, 4) is 22.4 Å². The Labute approximate surface area is 189 Å². The molecule has 0 saturated heterocycles. The van der Waals surface area contributed by atoms with E-state index in [0.29, 0.717) is 5.56 Å². The summed E-state index contributed by atoms with van der Waals surface area (Å²) < 4.78 is 1.69. The quantitative estimate of drug-likeness (QED) is 0.183. The molecule has 0 spiro atoms. The Hall–Kier alpha value is -3.71. The van der Waals surface area contributed by atoms with E-state index in [2.05, 4.69) is 29.2 Å². The number of benzene rings is 3. The van der Waals surface area contributed by atoms with Gasteiger partial charge in [-0.15, -0.1) is 0 Å². The highest BCUT2D eigenvalue weighted by atomic mass is 79.9. The Kier molecular flexibility index (Phi) is 6.99. The monoisotopic (exact) mass is 475 g/mol. The maximum absolute atomic E-state index is 12.4. The summed E-state index contributed by atoms with van der Waals surface area (Å²) in [4.78, 5) is 27.1. The van der Waals surface area contributed by atoms with Crippen molar-refractivity contribution in [2.24, 2.45) is 0 Å². The summed E-state index contributed by atoms with van der Waals surface area (Å²) in [6, 6.07) is 25.8. The van der Waals surface area contributed by atoms with Gasteiger partial charge >= 0.3 is 0 Å². The number of nitro groups is 1. The molecule has 0 atom stereocenters. The molecule has 7 heteroatoms. The van der Waals surface area contributed by atoms with E-state index in [1.165, 1.54) is 24.3 Å². The minimum Gasteiger partial charge on any atom is -1.00 e. The van der Waals surface area contributed by atoms with Crippen molar-refractivity contribution in [3.63, 3.8) is 0 Å². The average molecular weight is 476 g/mol. The fraction of sp³-hybridized carbons (Fsp3) is 0.0417. The largest absolute Gasteiger partial charge is 1.00 e. The maximum Gasteiger partial charge on any atom is 0.287 e. The molecule has 0 aliphatic rings. The van der Waals surface area contributed by atoms with E-state index >= 15 is 0 Å². The maximum atomic E-state index is 12.4. The third-order valence-electron chi connectivity index (χ3n) is 4.78. The van der Waals surface area contributed by atoms with Crippen LogP contribution >= 0.6 is 0 Å². The van der Waals surface area contributed by atoms with Crippen LogP contribution in [0.4, 0.5) is 5.69 Å². The van der Waals surface area contributed by atoms with E-state index in [-0.39, 0.29) is 35.0 Å². The highest BCUT2D eigenvalue weighted by molar-refractivity contribution is 5.95. The highest BCUT2D eigenvalue weighted by Crippen LogP contribution is 2.23. The van der Waals surface area contributed by atoms with Crippen molar-refractivity contribution >= 4 is 11.5 Å². The molecule has 154 valence electrons. The van der Waals surface area contributed by atoms with Gasteiger partial charge in [-0.25, -0.2) is 4.57 Å². The summed E-state index contributed by atoms with van der Waals surface area (Å²) in [6.07, 6.45) is 3.42. The Morgan fingerprint density at radius 1 is 0.839 bits per heavy atom. The first-order valence-electron chi connectivity index (χ1n) is 9.39. The summed E-state index contributed by atoms with van der Waals surface area (Å²) in [5.41, 5.74) is 4.49. The Morgan fingerprint density at radius 2 is 1.45 bits per heavy atom. The van der Waals surface area contributed by atoms with Crippen molar-refractivity contribution in [1.29, 1.82) is 0 Å². The number of hydrogen-bond donors (Lipinski definition) is 0. The van der Waals surface area contributed by atoms with Gasteiger partial charge < -0.3 is 17.0 Å². The highest BCUT2D eigenvalue weighted by Gasteiger charge is 2.13. The topological polar surface area (TPSA) is 77.0 Å². The standard InChI is InChI=1S/C24H18N3O3.BrH/c28-24(21-10-12-22(13-11-21)27(29)30)16-26-15-14-23(25-17-26)20-8-6-19(7-9-20)18-4-2-1-3-5-18;/h1-15,17H,16H2;1H/q+1;/p-1. The molecule has 3 aromatic carbocycles. The predicted molar refractivity (Wildman–Crippen MR) is 113 cm³/mol. The number of ketones is 1. The second-order valence-electron chi connectivity index (χ2n) is 6.79. The Balaban J connectivity index is 0.00000272. The van der Waals surface area contributed by atoms with Gasteiger partial charge in [0.15, 0.2) is 12.2 Å². The lowest BCUT2D eigenvalue weighted by atomic mass is 10.0. The van der Waals surface area contributed by atoms with Gasteiger partial charge in [0.25, 0.3) is 12.0 Å². The van der Waals surface area contributed by atoms with E-state index < -0.39 is 4.92 Å². The van der Waals surface area contributed by atoms with E-state index in [1.54, 1.807) is 17.1 Å². The number of non-ortho nitro benzene ring substituents is 1. The molecule has 1 aromatic heterocycles. The molecule has 0 bridgehead atoms. The third-order valence-corrected chi connectivity index (χ3v) is 4.78. The Morgan fingerprint density at radius 3 is 2.03 bits per heavy atom. The van der Waals surface area contributed by atoms with Crippen LogP contribution in [0.25, 0.3) is 22.4 Å². The van der Waals surface area contributed by atoms with Gasteiger partial charge in [0, 0.05) is 29.3 Å². The molecular weight excluding hydrogens is 458 g/mol. The normalized spacial score (nSPS) is 10.2. The van der Waals surface area contributed by atoms with Crippen molar-refractivity contribution in [2.45, 2.75) is 6.54 Å². The van der Waals surface area contributed by atoms with E-state index in [1.807, 2.05) is 36.4 Å². The van der Waals surface area contributed by atoms with Crippen LogP contribution in [-0.2, 0) is 6.54 Å². The van der Waals surface area contributed by atoms with Crippen LogP contribution in [0.15, 0.2) is 97.5 Å². The molecule has 0 radical (unpaired) electrons. The van der Waals surface area contributed by atoms with E-state index in [0.717, 1.165) is 22.4 Å². The molecule has 4 aromatic rings. The average Bonchev–Trinajstić information content (AvgIpc) is 2.80. The molecule has 4 rings (SSSR count). The number of carbonyl (C=O) groups excluding carboxylic acids is 1. The number of hydrogen-bond acceptors (Lipinski definition) is 4. The van der Waals surface area contributed by atoms with Gasteiger partial charge in [-0.2, -0.15) is 0 Å². The minimum atomic E-state index is -0.488. The molecule has 0 N–H and O–H groups in total. The van der Waals surface area contributed by atoms with Gasteiger partial charge in [0.05, 0.1) is 11.1 Å². The van der Waals surface area contributed by atoms with Gasteiger partial charge in [0.2, 0.25) is 5.78 Å². The summed E-state index contributed by atoms with van der Waals surface area (Å²) >= 11 is 0. The van der Waals surface area contributed by atoms with Crippen LogP contribution in [0.1, 0.15) is 10.4 Å². The van der Waals surface area contributed by atoms with Crippen LogP contribution in [0.3, 0.4) is 0 Å². The van der Waals surface area contributed by atoms with Crippen LogP contribution in [0.2, 0.25) is 0 Å². The molecule has 0 aliphatic carbocycles. The van der Waals surface area contributed by atoms with E-state index in [4.69, 9.17) is 0 Å². The minimum absolute atomic E-state index is 0. The van der Waals surface area contributed by atoms with Crippen molar-refractivity contribution in [3.05, 3.63) is 113 Å². The molecule has 0 aliphatic heterocycles. The smallest absolute Gasteiger partial charge is 0.287 e. The number of aromatic nitrogens is 2. The fourth-order valence-electron chi connectivity index (χ4n) is 3.14. The first-order chi connectivity index (χ1) is 14.6. The number of rotatable bonds is 6. The first kappa shape index (κ1) is 22.0. The summed E-state index contributed by atoms with van der Waals surface area (Å²) in [6.45, 7) is 0.109. The third kappa shape index (κ3) is 5.26. The van der Waals surface area contributed by atoms with Gasteiger partial charge in [-0.3, -0.25) is 14.9 Å². The lowest BCUT2D eigenvalue weighted by Gasteiger charge is -2.03. The predicted octanol–water partition coefficient (Wildman–Crippen LogP) is 1.50. The second kappa shape index (κ2) is 9.86. The molecule has 6 nitrogen and oxygen atoms in total. The summed E-state index contributed by atoms with van der Waals surface area (Å²) in [5, 5.41) is 10.7.